The van der Waals surface area contributed by atoms with Gasteiger partial charge in [0.25, 0.3) is 5.91 Å². The van der Waals surface area contributed by atoms with E-state index in [2.05, 4.69) is 15.2 Å². The number of aliphatic imine (C=N–C) groups is 1. The Morgan fingerprint density at radius 1 is 1.18 bits per heavy atom. The average Bonchev–Trinajstić information content (AvgIpc) is 3.04. The van der Waals surface area contributed by atoms with E-state index < -0.39 is 0 Å². The lowest BCUT2D eigenvalue weighted by Gasteiger charge is -2.10. The Morgan fingerprint density at radius 2 is 1.91 bits per heavy atom. The maximum absolute atomic E-state index is 12.5. The van der Waals surface area contributed by atoms with Crippen LogP contribution in [0.1, 0.15) is 17.5 Å². The van der Waals surface area contributed by atoms with E-state index in [0.717, 1.165) is 16.3 Å². The van der Waals surface area contributed by atoms with Gasteiger partial charge in [0.05, 0.1) is 7.11 Å². The maximum atomic E-state index is 12.5. The first-order valence-corrected chi connectivity index (χ1v) is 7.46. The van der Waals surface area contributed by atoms with E-state index in [1.807, 2.05) is 31.2 Å². The summed E-state index contributed by atoms with van der Waals surface area (Å²) in [5.41, 5.74) is 1.27. The van der Waals surface area contributed by atoms with Crippen molar-refractivity contribution in [2.24, 2.45) is 4.99 Å². The van der Waals surface area contributed by atoms with Crippen LogP contribution in [0.15, 0.2) is 35.0 Å². The van der Waals surface area contributed by atoms with Crippen LogP contribution >= 0.6 is 11.3 Å². The number of rotatable bonds is 3. The van der Waals surface area contributed by atoms with Crippen LogP contribution in [0.2, 0.25) is 0 Å². The third-order valence-electron chi connectivity index (χ3n) is 3.15. The predicted octanol–water partition coefficient (Wildman–Crippen LogP) is 2.66. The fourth-order valence-electron chi connectivity index (χ4n) is 2.09. The standard InChI is InChI=1S/C15H14N4O2S/c1-9-16-13(8-11-4-6-12(21-3)7-5-11)14(20)19(9)15-18-17-10(2)22-15/h4-8H,1-3H3/b13-8-. The fourth-order valence-corrected chi connectivity index (χ4v) is 2.82. The van der Waals surface area contributed by atoms with E-state index in [1.54, 1.807) is 20.1 Å². The van der Waals surface area contributed by atoms with Gasteiger partial charge in [0.1, 0.15) is 22.3 Å². The SMILES string of the molecule is COc1ccc(/C=C2\N=C(C)N(c3nnc(C)s3)C2=O)cc1. The van der Waals surface area contributed by atoms with Crippen molar-refractivity contribution < 1.29 is 9.53 Å². The lowest BCUT2D eigenvalue weighted by Crippen LogP contribution is -2.30. The molecule has 0 saturated heterocycles. The molecule has 0 unspecified atom stereocenters. The Kier molecular flexibility index (Phi) is 3.72. The summed E-state index contributed by atoms with van der Waals surface area (Å²) < 4.78 is 5.12. The van der Waals surface area contributed by atoms with Crippen LogP contribution < -0.4 is 9.64 Å². The van der Waals surface area contributed by atoms with E-state index in [4.69, 9.17) is 4.74 Å². The van der Waals surface area contributed by atoms with Crippen molar-refractivity contribution in [3.63, 3.8) is 0 Å². The molecule has 0 bridgehead atoms. The Bertz CT molecular complexity index is 777. The molecule has 2 heterocycles. The van der Waals surface area contributed by atoms with Gasteiger partial charge in [-0.15, -0.1) is 10.2 Å². The lowest BCUT2D eigenvalue weighted by atomic mass is 10.2. The van der Waals surface area contributed by atoms with Gasteiger partial charge in [-0.05, 0) is 37.6 Å². The summed E-state index contributed by atoms with van der Waals surface area (Å²) in [5, 5.41) is 9.31. The summed E-state index contributed by atoms with van der Waals surface area (Å²) in [7, 11) is 1.61. The topological polar surface area (TPSA) is 67.7 Å². The maximum Gasteiger partial charge on any atom is 0.284 e. The zero-order valence-electron chi connectivity index (χ0n) is 12.4. The molecule has 1 aromatic carbocycles. The van der Waals surface area contributed by atoms with Crippen molar-refractivity contribution >= 4 is 34.3 Å². The van der Waals surface area contributed by atoms with E-state index in [1.165, 1.54) is 16.2 Å². The van der Waals surface area contributed by atoms with Gasteiger partial charge >= 0.3 is 0 Å². The number of aromatic nitrogens is 2. The smallest absolute Gasteiger partial charge is 0.284 e. The molecule has 1 aliphatic heterocycles. The van der Waals surface area contributed by atoms with E-state index in [-0.39, 0.29) is 5.91 Å². The molecule has 2 aromatic rings. The number of anilines is 1. The van der Waals surface area contributed by atoms with E-state index in [9.17, 15) is 4.79 Å². The molecule has 0 fully saturated rings. The summed E-state index contributed by atoms with van der Waals surface area (Å²) in [6.07, 6.45) is 1.75. The lowest BCUT2D eigenvalue weighted by molar-refractivity contribution is -0.113. The number of benzene rings is 1. The molecule has 112 valence electrons. The number of ether oxygens (including phenoxy) is 1. The molecule has 0 atom stereocenters. The van der Waals surface area contributed by atoms with Gasteiger partial charge in [-0.25, -0.2) is 9.89 Å². The van der Waals surface area contributed by atoms with Crippen molar-refractivity contribution in [1.82, 2.24) is 10.2 Å². The molecule has 0 saturated carbocycles. The van der Waals surface area contributed by atoms with Crippen LogP contribution in [0, 0.1) is 6.92 Å². The molecule has 0 N–H and O–H groups in total. The molecule has 0 aliphatic carbocycles. The number of carbonyl (C=O) groups is 1. The van der Waals surface area contributed by atoms with Crippen LogP contribution in [-0.4, -0.2) is 29.0 Å². The Balaban J connectivity index is 1.89. The van der Waals surface area contributed by atoms with Crippen LogP contribution in [0.5, 0.6) is 5.75 Å². The zero-order chi connectivity index (χ0) is 15.7. The minimum Gasteiger partial charge on any atom is -0.497 e. The van der Waals surface area contributed by atoms with Crippen LogP contribution in [0.25, 0.3) is 6.08 Å². The van der Waals surface area contributed by atoms with Gasteiger partial charge in [0.15, 0.2) is 0 Å². The highest BCUT2D eigenvalue weighted by molar-refractivity contribution is 7.15. The second kappa shape index (κ2) is 5.69. The predicted molar refractivity (Wildman–Crippen MR) is 86.2 cm³/mol. The van der Waals surface area contributed by atoms with Crippen LogP contribution in [0.4, 0.5) is 5.13 Å². The minimum absolute atomic E-state index is 0.190. The van der Waals surface area contributed by atoms with Crippen molar-refractivity contribution in [3.05, 3.63) is 40.5 Å². The Hall–Kier alpha value is -2.54. The molecule has 0 radical (unpaired) electrons. The molecule has 1 amide bonds. The highest BCUT2D eigenvalue weighted by Gasteiger charge is 2.31. The molecule has 3 rings (SSSR count). The fraction of sp³-hybridized carbons (Fsp3) is 0.200. The number of carbonyl (C=O) groups excluding carboxylic acids is 1. The first-order valence-electron chi connectivity index (χ1n) is 6.64. The summed E-state index contributed by atoms with van der Waals surface area (Å²) in [6.45, 7) is 3.63. The molecule has 22 heavy (non-hydrogen) atoms. The van der Waals surface area contributed by atoms with Crippen molar-refractivity contribution in [2.45, 2.75) is 13.8 Å². The first kappa shape index (κ1) is 14.4. The number of amides is 1. The van der Waals surface area contributed by atoms with Gasteiger partial charge in [-0.2, -0.15) is 0 Å². The first-order chi connectivity index (χ1) is 10.6. The number of nitrogens with zero attached hydrogens (tertiary/aromatic N) is 4. The zero-order valence-corrected chi connectivity index (χ0v) is 13.2. The summed E-state index contributed by atoms with van der Waals surface area (Å²) in [4.78, 5) is 18.3. The number of hydrogen-bond acceptors (Lipinski definition) is 6. The van der Waals surface area contributed by atoms with Crippen molar-refractivity contribution in [2.75, 3.05) is 12.0 Å². The summed E-state index contributed by atoms with van der Waals surface area (Å²) >= 11 is 1.36. The van der Waals surface area contributed by atoms with Crippen molar-refractivity contribution in [1.29, 1.82) is 0 Å². The summed E-state index contributed by atoms with van der Waals surface area (Å²) in [5.74, 6) is 1.18. The monoisotopic (exact) mass is 314 g/mol. The normalized spacial score (nSPS) is 16.3. The van der Waals surface area contributed by atoms with Gasteiger partial charge in [-0.1, -0.05) is 23.5 Å². The third-order valence-corrected chi connectivity index (χ3v) is 3.98. The second-order valence-electron chi connectivity index (χ2n) is 4.71. The van der Waals surface area contributed by atoms with Gasteiger partial charge in [-0.3, -0.25) is 4.79 Å². The Labute approximate surface area is 131 Å². The molecule has 1 aromatic heterocycles. The number of amidine groups is 1. The second-order valence-corrected chi connectivity index (χ2v) is 5.87. The van der Waals surface area contributed by atoms with Gasteiger partial charge < -0.3 is 4.74 Å². The van der Waals surface area contributed by atoms with E-state index >= 15 is 0 Å². The number of methoxy groups -OCH3 is 1. The molecule has 1 aliphatic rings. The highest BCUT2D eigenvalue weighted by Crippen LogP contribution is 2.27. The van der Waals surface area contributed by atoms with Gasteiger partial charge in [0, 0.05) is 0 Å². The number of hydrogen-bond donors (Lipinski definition) is 0. The molecule has 0 spiro atoms. The van der Waals surface area contributed by atoms with Crippen molar-refractivity contribution in [3.8, 4) is 5.75 Å². The largest absolute Gasteiger partial charge is 0.497 e. The highest BCUT2D eigenvalue weighted by atomic mass is 32.1. The minimum atomic E-state index is -0.190. The third kappa shape index (κ3) is 2.62. The van der Waals surface area contributed by atoms with E-state index in [0.29, 0.717) is 16.7 Å². The van der Waals surface area contributed by atoms with Crippen LogP contribution in [-0.2, 0) is 4.79 Å². The van der Waals surface area contributed by atoms with Gasteiger partial charge in [0.2, 0.25) is 5.13 Å². The molecular formula is C15H14N4O2S. The average molecular weight is 314 g/mol. The Morgan fingerprint density at radius 3 is 2.50 bits per heavy atom. The molecule has 7 heteroatoms. The molecular weight excluding hydrogens is 300 g/mol. The molecule has 6 nitrogen and oxygen atoms in total. The quantitative estimate of drug-likeness (QED) is 0.817. The number of aryl methyl sites for hydroxylation is 1. The summed E-state index contributed by atoms with van der Waals surface area (Å²) in [6, 6.07) is 7.44. The van der Waals surface area contributed by atoms with Crippen LogP contribution in [0.3, 0.4) is 0 Å².